The Morgan fingerprint density at radius 3 is 2.71 bits per heavy atom. The quantitative estimate of drug-likeness (QED) is 0.554. The Hall–Kier alpha value is -2.46. The van der Waals surface area contributed by atoms with Crippen molar-refractivity contribution in [3.63, 3.8) is 0 Å². The molecule has 0 aliphatic carbocycles. The van der Waals surface area contributed by atoms with Gasteiger partial charge in [0, 0.05) is 23.1 Å². The highest BCUT2D eigenvalue weighted by Gasteiger charge is 2.25. The van der Waals surface area contributed by atoms with Gasteiger partial charge in [-0.05, 0) is 47.9 Å². The second-order valence-corrected chi connectivity index (χ2v) is 5.48. The molecule has 0 saturated heterocycles. The van der Waals surface area contributed by atoms with Crippen LogP contribution in [0.1, 0.15) is 22.9 Å². The van der Waals surface area contributed by atoms with Crippen LogP contribution in [-0.2, 0) is 6.42 Å². The Balaban J connectivity index is 1.90. The Labute approximate surface area is 122 Å². The molecular weight excluding hydrogens is 264 g/mol. The van der Waals surface area contributed by atoms with Crippen molar-refractivity contribution in [2.45, 2.75) is 12.5 Å². The van der Waals surface area contributed by atoms with Crippen LogP contribution in [-0.4, -0.2) is 21.7 Å². The smallest absolute Gasteiger partial charge is 0.116 e. The molecule has 0 bridgehead atoms. The summed E-state index contributed by atoms with van der Waals surface area (Å²) in [6, 6.07) is 12.8. The fraction of sp³-hybridized carbons (Fsp3) is 0.176. The SMILES string of the molecule is Oc1cccc(C2NCCc3c2[nH]c2ccc(O)cc32)c1. The maximum absolute atomic E-state index is 9.71. The summed E-state index contributed by atoms with van der Waals surface area (Å²) in [7, 11) is 0. The Morgan fingerprint density at radius 1 is 1.00 bits per heavy atom. The van der Waals surface area contributed by atoms with Gasteiger partial charge in [0.1, 0.15) is 11.5 Å². The van der Waals surface area contributed by atoms with Crippen molar-refractivity contribution in [1.82, 2.24) is 10.3 Å². The van der Waals surface area contributed by atoms with E-state index in [2.05, 4.69) is 10.3 Å². The fourth-order valence-electron chi connectivity index (χ4n) is 3.20. The zero-order chi connectivity index (χ0) is 14.4. The highest BCUT2D eigenvalue weighted by Crippen LogP contribution is 2.35. The van der Waals surface area contributed by atoms with Crippen LogP contribution in [0.5, 0.6) is 11.5 Å². The summed E-state index contributed by atoms with van der Waals surface area (Å²) in [5.74, 6) is 0.562. The van der Waals surface area contributed by atoms with E-state index in [0.29, 0.717) is 0 Å². The minimum absolute atomic E-state index is 0.0374. The second-order valence-electron chi connectivity index (χ2n) is 5.48. The zero-order valence-electron chi connectivity index (χ0n) is 11.4. The lowest BCUT2D eigenvalue weighted by Gasteiger charge is -2.25. The first kappa shape index (κ1) is 12.3. The third-order valence-electron chi connectivity index (χ3n) is 4.14. The number of H-pyrrole nitrogens is 1. The van der Waals surface area contributed by atoms with E-state index in [4.69, 9.17) is 0 Å². The molecule has 21 heavy (non-hydrogen) atoms. The molecule has 4 N–H and O–H groups in total. The molecule has 0 saturated carbocycles. The van der Waals surface area contributed by atoms with Crippen LogP contribution < -0.4 is 5.32 Å². The van der Waals surface area contributed by atoms with Crippen LogP contribution in [0.15, 0.2) is 42.5 Å². The van der Waals surface area contributed by atoms with Gasteiger partial charge < -0.3 is 20.5 Å². The molecule has 4 rings (SSSR count). The van der Waals surface area contributed by atoms with E-state index in [1.54, 1.807) is 18.2 Å². The Morgan fingerprint density at radius 2 is 1.86 bits per heavy atom. The minimum Gasteiger partial charge on any atom is -0.508 e. The Bertz CT molecular complexity index is 823. The van der Waals surface area contributed by atoms with Crippen LogP contribution in [0.3, 0.4) is 0 Å². The highest BCUT2D eigenvalue weighted by atomic mass is 16.3. The normalized spacial score (nSPS) is 17.8. The standard InChI is InChI=1S/C17H16N2O2/c20-11-3-1-2-10(8-11)16-17-13(6-7-18-16)14-9-12(21)4-5-15(14)19-17/h1-5,8-9,16,18-21H,6-7H2. The molecule has 1 atom stereocenters. The van der Waals surface area contributed by atoms with E-state index in [1.807, 2.05) is 24.3 Å². The van der Waals surface area contributed by atoms with Crippen LogP contribution >= 0.6 is 0 Å². The van der Waals surface area contributed by atoms with E-state index < -0.39 is 0 Å². The van der Waals surface area contributed by atoms with Crippen LogP contribution in [0, 0.1) is 0 Å². The summed E-state index contributed by atoms with van der Waals surface area (Å²) in [4.78, 5) is 3.46. The number of nitrogens with one attached hydrogen (secondary N) is 2. The number of phenols is 2. The third kappa shape index (κ3) is 1.96. The molecule has 2 heterocycles. The monoisotopic (exact) mass is 280 g/mol. The first-order valence-corrected chi connectivity index (χ1v) is 7.08. The molecule has 1 aliphatic heterocycles. The maximum atomic E-state index is 9.71. The molecule has 1 aromatic heterocycles. The number of aromatic nitrogens is 1. The molecule has 0 radical (unpaired) electrons. The highest BCUT2D eigenvalue weighted by molar-refractivity contribution is 5.86. The van der Waals surface area contributed by atoms with Crippen molar-refractivity contribution >= 4 is 10.9 Å². The van der Waals surface area contributed by atoms with Crippen molar-refractivity contribution in [2.24, 2.45) is 0 Å². The second kappa shape index (κ2) is 4.53. The van der Waals surface area contributed by atoms with Gasteiger partial charge in [-0.1, -0.05) is 12.1 Å². The summed E-state index contributed by atoms with van der Waals surface area (Å²) < 4.78 is 0. The summed E-state index contributed by atoms with van der Waals surface area (Å²) in [5, 5.41) is 24.0. The van der Waals surface area contributed by atoms with Gasteiger partial charge in [0.05, 0.1) is 6.04 Å². The van der Waals surface area contributed by atoms with E-state index in [1.165, 1.54) is 5.56 Å². The number of hydrogen-bond donors (Lipinski definition) is 4. The van der Waals surface area contributed by atoms with Crippen LogP contribution in [0.2, 0.25) is 0 Å². The first-order chi connectivity index (χ1) is 10.2. The minimum atomic E-state index is 0.0374. The molecule has 1 aliphatic rings. The summed E-state index contributed by atoms with van der Waals surface area (Å²) in [5.41, 5.74) is 4.43. The van der Waals surface area contributed by atoms with Gasteiger partial charge in [-0.25, -0.2) is 0 Å². The third-order valence-corrected chi connectivity index (χ3v) is 4.14. The number of aromatic amines is 1. The molecule has 4 nitrogen and oxygen atoms in total. The zero-order valence-corrected chi connectivity index (χ0v) is 11.4. The molecule has 0 fully saturated rings. The molecule has 1 unspecified atom stereocenters. The van der Waals surface area contributed by atoms with Gasteiger partial charge in [0.2, 0.25) is 0 Å². The largest absolute Gasteiger partial charge is 0.508 e. The van der Waals surface area contributed by atoms with Gasteiger partial charge in [0.15, 0.2) is 0 Å². The lowest BCUT2D eigenvalue weighted by Crippen LogP contribution is -2.30. The van der Waals surface area contributed by atoms with Gasteiger partial charge in [-0.2, -0.15) is 0 Å². The molecule has 106 valence electrons. The predicted molar refractivity (Wildman–Crippen MR) is 81.6 cm³/mol. The lowest BCUT2D eigenvalue weighted by atomic mass is 9.94. The molecule has 3 aromatic rings. The molecule has 2 aromatic carbocycles. The fourth-order valence-corrected chi connectivity index (χ4v) is 3.20. The summed E-state index contributed by atoms with van der Waals surface area (Å²) in [6.45, 7) is 0.871. The van der Waals surface area contributed by atoms with Crippen LogP contribution in [0.4, 0.5) is 0 Å². The van der Waals surface area contributed by atoms with Crippen molar-refractivity contribution in [3.8, 4) is 11.5 Å². The average molecular weight is 280 g/mol. The van der Waals surface area contributed by atoms with Crippen molar-refractivity contribution in [3.05, 3.63) is 59.3 Å². The molecule has 0 amide bonds. The van der Waals surface area contributed by atoms with Gasteiger partial charge >= 0.3 is 0 Å². The molecule has 4 heteroatoms. The molecule has 0 spiro atoms. The van der Waals surface area contributed by atoms with E-state index in [-0.39, 0.29) is 17.5 Å². The van der Waals surface area contributed by atoms with Gasteiger partial charge in [0.25, 0.3) is 0 Å². The molecular formula is C17H16N2O2. The van der Waals surface area contributed by atoms with Crippen LogP contribution in [0.25, 0.3) is 10.9 Å². The number of fused-ring (bicyclic) bond motifs is 3. The predicted octanol–water partition coefficient (Wildman–Crippen LogP) is 2.81. The topological polar surface area (TPSA) is 68.3 Å². The van der Waals surface area contributed by atoms with Crippen molar-refractivity contribution in [1.29, 1.82) is 0 Å². The lowest BCUT2D eigenvalue weighted by molar-refractivity contribution is 0.472. The van der Waals surface area contributed by atoms with E-state index in [0.717, 1.165) is 35.1 Å². The number of benzene rings is 2. The summed E-state index contributed by atoms with van der Waals surface area (Å²) >= 11 is 0. The number of hydrogen-bond acceptors (Lipinski definition) is 3. The maximum Gasteiger partial charge on any atom is 0.116 e. The van der Waals surface area contributed by atoms with Gasteiger partial charge in [-0.3, -0.25) is 0 Å². The summed E-state index contributed by atoms with van der Waals surface area (Å²) in [6.07, 6.45) is 0.925. The van der Waals surface area contributed by atoms with E-state index in [9.17, 15) is 10.2 Å². The van der Waals surface area contributed by atoms with Gasteiger partial charge in [-0.15, -0.1) is 0 Å². The number of phenolic OH excluding ortho intramolecular Hbond substituents is 2. The number of aromatic hydroxyl groups is 2. The Kier molecular flexibility index (Phi) is 2.65. The average Bonchev–Trinajstić information content (AvgIpc) is 2.85. The van der Waals surface area contributed by atoms with Crippen molar-refractivity contribution < 1.29 is 10.2 Å². The number of rotatable bonds is 1. The first-order valence-electron chi connectivity index (χ1n) is 7.08. The van der Waals surface area contributed by atoms with E-state index >= 15 is 0 Å². The van der Waals surface area contributed by atoms with Crippen molar-refractivity contribution in [2.75, 3.05) is 6.54 Å².